The molecule has 0 fully saturated rings. The van der Waals surface area contributed by atoms with Gasteiger partial charge in [-0.25, -0.2) is 8.42 Å². The zero-order valence-electron chi connectivity index (χ0n) is 11.8. The Bertz CT molecular complexity index is 723. The average Bonchev–Trinajstić information content (AvgIpc) is 2.48. The molecule has 6 heteroatoms. The SMILES string of the molecule is CN(C)C(=O)c1ccc(NS(=O)(=O)c2ccccc2)cc1. The van der Waals surface area contributed by atoms with Crippen molar-refractivity contribution in [2.45, 2.75) is 4.90 Å². The molecule has 21 heavy (non-hydrogen) atoms. The lowest BCUT2D eigenvalue weighted by Gasteiger charge is -2.11. The van der Waals surface area contributed by atoms with Gasteiger partial charge in [-0.3, -0.25) is 9.52 Å². The van der Waals surface area contributed by atoms with E-state index in [9.17, 15) is 13.2 Å². The second-order valence-corrected chi connectivity index (χ2v) is 6.38. The van der Waals surface area contributed by atoms with Crippen LogP contribution in [-0.4, -0.2) is 33.3 Å². The Morgan fingerprint density at radius 2 is 1.52 bits per heavy atom. The van der Waals surface area contributed by atoms with Crippen LogP contribution in [0.15, 0.2) is 59.5 Å². The number of carbonyl (C=O) groups excluding carboxylic acids is 1. The van der Waals surface area contributed by atoms with Gasteiger partial charge in [0.15, 0.2) is 0 Å². The number of rotatable bonds is 4. The third-order valence-corrected chi connectivity index (χ3v) is 4.24. The van der Waals surface area contributed by atoms with Gasteiger partial charge in [0.2, 0.25) is 0 Å². The van der Waals surface area contributed by atoms with Gasteiger partial charge < -0.3 is 4.90 Å². The van der Waals surface area contributed by atoms with E-state index in [4.69, 9.17) is 0 Å². The summed E-state index contributed by atoms with van der Waals surface area (Å²) < 4.78 is 26.8. The lowest BCUT2D eigenvalue weighted by Crippen LogP contribution is -2.21. The minimum absolute atomic E-state index is 0.132. The number of carbonyl (C=O) groups is 1. The summed E-state index contributed by atoms with van der Waals surface area (Å²) in [6.45, 7) is 0. The summed E-state index contributed by atoms with van der Waals surface area (Å²) in [5.41, 5.74) is 0.914. The van der Waals surface area contributed by atoms with Gasteiger partial charge in [0.1, 0.15) is 0 Å². The van der Waals surface area contributed by atoms with Gasteiger partial charge in [-0.1, -0.05) is 18.2 Å². The van der Waals surface area contributed by atoms with Crippen LogP contribution < -0.4 is 4.72 Å². The van der Waals surface area contributed by atoms with E-state index in [0.717, 1.165) is 0 Å². The van der Waals surface area contributed by atoms with E-state index in [1.54, 1.807) is 56.6 Å². The molecule has 5 nitrogen and oxygen atoms in total. The molecule has 0 saturated heterocycles. The largest absolute Gasteiger partial charge is 0.345 e. The van der Waals surface area contributed by atoms with E-state index in [1.165, 1.54) is 17.0 Å². The monoisotopic (exact) mass is 304 g/mol. The van der Waals surface area contributed by atoms with E-state index in [0.29, 0.717) is 11.3 Å². The fourth-order valence-electron chi connectivity index (χ4n) is 1.75. The molecular weight excluding hydrogens is 288 g/mol. The summed E-state index contributed by atoms with van der Waals surface area (Å²) in [4.78, 5) is 13.4. The molecule has 0 radical (unpaired) electrons. The first-order chi connectivity index (χ1) is 9.90. The number of hydrogen-bond donors (Lipinski definition) is 1. The van der Waals surface area contributed by atoms with Crippen LogP contribution >= 0.6 is 0 Å². The van der Waals surface area contributed by atoms with Crippen molar-refractivity contribution in [2.24, 2.45) is 0 Å². The fourth-order valence-corrected chi connectivity index (χ4v) is 2.83. The van der Waals surface area contributed by atoms with Crippen molar-refractivity contribution in [3.05, 3.63) is 60.2 Å². The van der Waals surface area contributed by atoms with Crippen molar-refractivity contribution in [1.82, 2.24) is 4.90 Å². The maximum Gasteiger partial charge on any atom is 0.261 e. The van der Waals surface area contributed by atoms with Crippen LogP contribution in [0.25, 0.3) is 0 Å². The number of anilines is 1. The van der Waals surface area contributed by atoms with E-state index in [1.807, 2.05) is 0 Å². The predicted octanol–water partition coefficient (Wildman–Crippen LogP) is 2.19. The number of hydrogen-bond acceptors (Lipinski definition) is 3. The molecule has 0 aromatic heterocycles. The van der Waals surface area contributed by atoms with E-state index < -0.39 is 10.0 Å². The third-order valence-electron chi connectivity index (χ3n) is 2.84. The number of sulfonamides is 1. The lowest BCUT2D eigenvalue weighted by atomic mass is 10.2. The maximum absolute atomic E-state index is 12.1. The summed E-state index contributed by atoms with van der Waals surface area (Å²) in [5, 5.41) is 0. The van der Waals surface area contributed by atoms with Crippen LogP contribution in [0.1, 0.15) is 10.4 Å². The number of nitrogens with one attached hydrogen (secondary N) is 1. The summed E-state index contributed by atoms with van der Waals surface area (Å²) in [5.74, 6) is -0.132. The predicted molar refractivity (Wildman–Crippen MR) is 81.7 cm³/mol. The summed E-state index contributed by atoms with van der Waals surface area (Å²) >= 11 is 0. The van der Waals surface area contributed by atoms with Crippen molar-refractivity contribution >= 4 is 21.6 Å². The molecule has 0 heterocycles. The summed E-state index contributed by atoms with van der Waals surface area (Å²) in [7, 11) is -0.286. The lowest BCUT2D eigenvalue weighted by molar-refractivity contribution is 0.0827. The van der Waals surface area contributed by atoms with Gasteiger partial charge in [0, 0.05) is 25.3 Å². The van der Waals surface area contributed by atoms with Crippen molar-refractivity contribution in [3.8, 4) is 0 Å². The van der Waals surface area contributed by atoms with E-state index in [2.05, 4.69) is 4.72 Å². The Morgan fingerprint density at radius 1 is 0.952 bits per heavy atom. The van der Waals surface area contributed by atoms with E-state index in [-0.39, 0.29) is 10.8 Å². The Morgan fingerprint density at radius 3 is 2.05 bits per heavy atom. The van der Waals surface area contributed by atoms with Crippen LogP contribution in [0.2, 0.25) is 0 Å². The quantitative estimate of drug-likeness (QED) is 0.941. The standard InChI is InChI=1S/C15H16N2O3S/c1-17(2)15(18)12-8-10-13(11-9-12)16-21(19,20)14-6-4-3-5-7-14/h3-11,16H,1-2H3. The highest BCUT2D eigenvalue weighted by Crippen LogP contribution is 2.16. The average molecular weight is 304 g/mol. The molecular formula is C15H16N2O3S. The normalized spacial score (nSPS) is 11.0. The number of nitrogens with zero attached hydrogens (tertiary/aromatic N) is 1. The Hall–Kier alpha value is -2.34. The smallest absolute Gasteiger partial charge is 0.261 e. The fraction of sp³-hybridized carbons (Fsp3) is 0.133. The van der Waals surface area contributed by atoms with Crippen molar-refractivity contribution < 1.29 is 13.2 Å². The molecule has 0 aliphatic rings. The first-order valence-electron chi connectivity index (χ1n) is 6.30. The minimum atomic E-state index is -3.61. The zero-order valence-corrected chi connectivity index (χ0v) is 12.6. The summed E-state index contributed by atoms with van der Waals surface area (Å²) in [6, 6.07) is 14.4. The van der Waals surface area contributed by atoms with Gasteiger partial charge in [-0.15, -0.1) is 0 Å². The molecule has 0 aliphatic heterocycles. The third kappa shape index (κ3) is 3.61. The second-order valence-electron chi connectivity index (χ2n) is 4.70. The Labute approximate surface area is 124 Å². The molecule has 2 rings (SSSR count). The van der Waals surface area contributed by atoms with Gasteiger partial charge in [-0.05, 0) is 36.4 Å². The first-order valence-corrected chi connectivity index (χ1v) is 7.78. The maximum atomic E-state index is 12.1. The van der Waals surface area contributed by atoms with Gasteiger partial charge in [0.25, 0.3) is 15.9 Å². The van der Waals surface area contributed by atoms with Gasteiger partial charge >= 0.3 is 0 Å². The molecule has 2 aromatic carbocycles. The Balaban J connectivity index is 2.19. The molecule has 0 saturated carbocycles. The molecule has 0 atom stereocenters. The van der Waals surface area contributed by atoms with Crippen LogP contribution in [0.5, 0.6) is 0 Å². The topological polar surface area (TPSA) is 66.5 Å². The zero-order chi connectivity index (χ0) is 15.5. The molecule has 0 unspecified atom stereocenters. The number of benzene rings is 2. The molecule has 2 aromatic rings. The highest BCUT2D eigenvalue weighted by atomic mass is 32.2. The second kappa shape index (κ2) is 5.97. The highest BCUT2D eigenvalue weighted by Gasteiger charge is 2.14. The molecule has 0 aliphatic carbocycles. The van der Waals surface area contributed by atoms with Gasteiger partial charge in [-0.2, -0.15) is 0 Å². The van der Waals surface area contributed by atoms with Crippen molar-refractivity contribution in [1.29, 1.82) is 0 Å². The van der Waals surface area contributed by atoms with Crippen LogP contribution in [0, 0.1) is 0 Å². The highest BCUT2D eigenvalue weighted by molar-refractivity contribution is 7.92. The molecule has 1 amide bonds. The van der Waals surface area contributed by atoms with Crippen molar-refractivity contribution in [2.75, 3.05) is 18.8 Å². The van der Waals surface area contributed by atoms with Crippen molar-refractivity contribution in [3.63, 3.8) is 0 Å². The molecule has 110 valence electrons. The molecule has 0 bridgehead atoms. The van der Waals surface area contributed by atoms with Gasteiger partial charge in [0.05, 0.1) is 4.90 Å². The van der Waals surface area contributed by atoms with Crippen LogP contribution in [0.4, 0.5) is 5.69 Å². The molecule has 1 N–H and O–H groups in total. The van der Waals surface area contributed by atoms with E-state index >= 15 is 0 Å². The first kappa shape index (κ1) is 15.1. The Kier molecular flexibility index (Phi) is 4.28. The molecule has 0 spiro atoms. The van der Waals surface area contributed by atoms with Crippen LogP contribution in [0.3, 0.4) is 0 Å². The minimum Gasteiger partial charge on any atom is -0.345 e. The summed E-state index contributed by atoms with van der Waals surface area (Å²) in [6.07, 6.45) is 0. The number of amides is 1. The van der Waals surface area contributed by atoms with Crippen LogP contribution in [-0.2, 0) is 10.0 Å².